The lowest BCUT2D eigenvalue weighted by Gasteiger charge is -2.34. The Morgan fingerprint density at radius 3 is 2.58 bits per heavy atom. The topological polar surface area (TPSA) is 78.0 Å². The molecule has 0 aromatic heterocycles. The van der Waals surface area contributed by atoms with Gasteiger partial charge in [-0.05, 0) is 49.6 Å². The van der Waals surface area contributed by atoms with Crippen LogP contribution in [0.3, 0.4) is 0 Å². The number of guanidine groups is 1. The van der Waals surface area contributed by atoms with Gasteiger partial charge in [0, 0.05) is 45.0 Å². The Kier molecular flexibility index (Phi) is 8.58. The number of hydrogen-bond donors (Lipinski definition) is 3. The van der Waals surface area contributed by atoms with Crippen molar-refractivity contribution in [2.45, 2.75) is 32.4 Å². The molecule has 7 heteroatoms. The van der Waals surface area contributed by atoms with Gasteiger partial charge in [0.15, 0.2) is 12.6 Å². The van der Waals surface area contributed by atoms with Crippen molar-refractivity contribution >= 4 is 17.6 Å². The van der Waals surface area contributed by atoms with Crippen molar-refractivity contribution in [3.05, 3.63) is 60.2 Å². The van der Waals surface area contributed by atoms with Crippen LogP contribution in [0.25, 0.3) is 0 Å². The van der Waals surface area contributed by atoms with Crippen LogP contribution in [0.2, 0.25) is 0 Å². The van der Waals surface area contributed by atoms with E-state index in [9.17, 15) is 4.79 Å². The second-order valence-corrected chi connectivity index (χ2v) is 7.56. The summed E-state index contributed by atoms with van der Waals surface area (Å²) in [4.78, 5) is 18.4. The summed E-state index contributed by atoms with van der Waals surface area (Å²) in [6.45, 7) is 5.20. The van der Waals surface area contributed by atoms with Gasteiger partial charge in [0.1, 0.15) is 5.75 Å². The van der Waals surface area contributed by atoms with Gasteiger partial charge >= 0.3 is 0 Å². The molecule has 1 amide bonds. The van der Waals surface area contributed by atoms with E-state index in [0.717, 1.165) is 37.5 Å². The molecule has 3 N–H and O–H groups in total. The highest BCUT2D eigenvalue weighted by molar-refractivity contribution is 5.80. The zero-order chi connectivity index (χ0) is 21.9. The average molecular weight is 424 g/mol. The van der Waals surface area contributed by atoms with E-state index in [4.69, 9.17) is 4.74 Å². The maximum atomic E-state index is 11.6. The summed E-state index contributed by atoms with van der Waals surface area (Å²) in [5.74, 6) is 1.36. The second kappa shape index (κ2) is 11.8. The summed E-state index contributed by atoms with van der Waals surface area (Å²) in [6.07, 6.45) is 2.14. The summed E-state index contributed by atoms with van der Waals surface area (Å²) >= 11 is 0. The van der Waals surface area contributed by atoms with Gasteiger partial charge in [0.25, 0.3) is 5.91 Å². The molecule has 0 atom stereocenters. The van der Waals surface area contributed by atoms with Gasteiger partial charge < -0.3 is 25.6 Å². The van der Waals surface area contributed by atoms with Crippen LogP contribution in [0.5, 0.6) is 5.75 Å². The molecular formula is C24H33N5O2. The van der Waals surface area contributed by atoms with Gasteiger partial charge in [-0.25, -0.2) is 0 Å². The van der Waals surface area contributed by atoms with Gasteiger partial charge in [-0.15, -0.1) is 0 Å². The van der Waals surface area contributed by atoms with Crippen molar-refractivity contribution in [1.29, 1.82) is 0 Å². The van der Waals surface area contributed by atoms with Crippen LogP contribution in [-0.4, -0.2) is 51.2 Å². The standard InChI is InChI=1S/C24H33N5O2/c1-3-26-23(30)18-31-22-11-7-8-19(16-22)17-27-24(25-2)28-20-12-14-29(15-13-20)21-9-5-4-6-10-21/h4-11,16,20H,3,12-15,17-18H2,1-2H3,(H,26,30)(H2,25,27,28). The van der Waals surface area contributed by atoms with Crippen molar-refractivity contribution in [2.75, 3.05) is 38.2 Å². The SMILES string of the molecule is CCNC(=O)COc1cccc(CNC(=NC)NC2CCN(c3ccccc3)CC2)c1. The van der Waals surface area contributed by atoms with Crippen molar-refractivity contribution in [3.8, 4) is 5.75 Å². The number of carbonyl (C=O) groups excluding carboxylic acids is 1. The Balaban J connectivity index is 1.44. The number of carbonyl (C=O) groups is 1. The lowest BCUT2D eigenvalue weighted by Crippen LogP contribution is -2.48. The first kappa shape index (κ1) is 22.5. The van der Waals surface area contributed by atoms with Gasteiger partial charge in [-0.2, -0.15) is 0 Å². The number of hydrogen-bond acceptors (Lipinski definition) is 4. The first-order chi connectivity index (χ1) is 15.2. The van der Waals surface area contributed by atoms with Crippen LogP contribution in [0.1, 0.15) is 25.3 Å². The van der Waals surface area contributed by atoms with Crippen molar-refractivity contribution < 1.29 is 9.53 Å². The highest BCUT2D eigenvalue weighted by Crippen LogP contribution is 2.19. The summed E-state index contributed by atoms with van der Waals surface area (Å²) in [5.41, 5.74) is 2.35. The number of nitrogens with zero attached hydrogens (tertiary/aromatic N) is 2. The fourth-order valence-corrected chi connectivity index (χ4v) is 3.64. The summed E-state index contributed by atoms with van der Waals surface area (Å²) < 4.78 is 5.57. The number of aliphatic imine (C=N–C) groups is 1. The Hall–Kier alpha value is -3.22. The molecule has 0 unspecified atom stereocenters. The van der Waals surface area contributed by atoms with E-state index in [1.54, 1.807) is 7.05 Å². The maximum absolute atomic E-state index is 11.6. The molecule has 0 bridgehead atoms. The normalized spacial score (nSPS) is 14.8. The van der Waals surface area contributed by atoms with Crippen LogP contribution >= 0.6 is 0 Å². The molecule has 0 spiro atoms. The van der Waals surface area contributed by atoms with Gasteiger partial charge in [0.2, 0.25) is 0 Å². The van der Waals surface area contributed by atoms with Crippen LogP contribution < -0.4 is 25.6 Å². The molecule has 1 heterocycles. The Morgan fingerprint density at radius 1 is 1.10 bits per heavy atom. The first-order valence-corrected chi connectivity index (χ1v) is 10.9. The molecule has 1 aliphatic rings. The smallest absolute Gasteiger partial charge is 0.257 e. The zero-order valence-corrected chi connectivity index (χ0v) is 18.4. The predicted molar refractivity (Wildman–Crippen MR) is 126 cm³/mol. The molecule has 2 aromatic rings. The van der Waals surface area contributed by atoms with Gasteiger partial charge in [-0.3, -0.25) is 9.79 Å². The summed E-state index contributed by atoms with van der Waals surface area (Å²) in [7, 11) is 1.79. The second-order valence-electron chi connectivity index (χ2n) is 7.56. The third kappa shape index (κ3) is 7.20. The number of piperidine rings is 1. The highest BCUT2D eigenvalue weighted by Gasteiger charge is 2.20. The zero-order valence-electron chi connectivity index (χ0n) is 18.4. The van der Waals surface area contributed by atoms with E-state index in [0.29, 0.717) is 24.9 Å². The van der Waals surface area contributed by atoms with E-state index in [-0.39, 0.29) is 12.5 Å². The largest absolute Gasteiger partial charge is 0.484 e. The number of benzene rings is 2. The molecule has 0 radical (unpaired) electrons. The molecule has 166 valence electrons. The molecule has 1 fully saturated rings. The molecule has 31 heavy (non-hydrogen) atoms. The maximum Gasteiger partial charge on any atom is 0.257 e. The number of amides is 1. The van der Waals surface area contributed by atoms with Crippen LogP contribution in [0, 0.1) is 0 Å². The van der Waals surface area contributed by atoms with E-state index in [1.165, 1.54) is 5.69 Å². The van der Waals surface area contributed by atoms with Crippen molar-refractivity contribution in [2.24, 2.45) is 4.99 Å². The fourth-order valence-electron chi connectivity index (χ4n) is 3.64. The summed E-state index contributed by atoms with van der Waals surface area (Å²) in [5, 5.41) is 9.65. The van der Waals surface area contributed by atoms with E-state index in [2.05, 4.69) is 56.2 Å². The fraction of sp³-hybridized carbons (Fsp3) is 0.417. The van der Waals surface area contributed by atoms with E-state index >= 15 is 0 Å². The Bertz CT molecular complexity index is 848. The van der Waals surface area contributed by atoms with Crippen LogP contribution in [0.4, 0.5) is 5.69 Å². The molecule has 1 aliphatic heterocycles. The highest BCUT2D eigenvalue weighted by atomic mass is 16.5. The minimum absolute atomic E-state index is 0.0234. The molecular weight excluding hydrogens is 390 g/mol. The monoisotopic (exact) mass is 423 g/mol. The Labute approximate surface area is 184 Å². The van der Waals surface area contributed by atoms with Crippen LogP contribution in [0.15, 0.2) is 59.6 Å². The number of rotatable bonds is 8. The third-order valence-electron chi connectivity index (χ3n) is 5.28. The molecule has 7 nitrogen and oxygen atoms in total. The molecule has 0 saturated carbocycles. The first-order valence-electron chi connectivity index (χ1n) is 10.9. The van der Waals surface area contributed by atoms with Gasteiger partial charge in [-0.1, -0.05) is 30.3 Å². The average Bonchev–Trinajstić information content (AvgIpc) is 2.82. The minimum Gasteiger partial charge on any atom is -0.484 e. The minimum atomic E-state index is -0.117. The van der Waals surface area contributed by atoms with Crippen molar-refractivity contribution in [1.82, 2.24) is 16.0 Å². The molecule has 0 aliphatic carbocycles. The van der Waals surface area contributed by atoms with E-state index < -0.39 is 0 Å². The quantitative estimate of drug-likeness (QED) is 0.449. The molecule has 1 saturated heterocycles. The molecule has 3 rings (SSSR count). The van der Waals surface area contributed by atoms with Gasteiger partial charge in [0.05, 0.1) is 0 Å². The number of ether oxygens (including phenoxy) is 1. The van der Waals surface area contributed by atoms with Crippen LogP contribution in [-0.2, 0) is 11.3 Å². The molecule has 2 aromatic carbocycles. The lowest BCUT2D eigenvalue weighted by atomic mass is 10.0. The summed E-state index contributed by atoms with van der Waals surface area (Å²) in [6, 6.07) is 18.7. The van der Waals surface area contributed by atoms with Crippen molar-refractivity contribution in [3.63, 3.8) is 0 Å². The number of nitrogens with one attached hydrogen (secondary N) is 3. The number of anilines is 1. The lowest BCUT2D eigenvalue weighted by molar-refractivity contribution is -0.122. The third-order valence-corrected chi connectivity index (χ3v) is 5.28. The number of para-hydroxylation sites is 1. The Morgan fingerprint density at radius 2 is 1.87 bits per heavy atom. The number of likely N-dealkylation sites (N-methyl/N-ethyl adjacent to an activating group) is 1. The predicted octanol–water partition coefficient (Wildman–Crippen LogP) is 2.54. The van der Waals surface area contributed by atoms with E-state index in [1.807, 2.05) is 31.2 Å².